The molecule has 0 unspecified atom stereocenters. The number of nitrogens with one attached hydrogen (secondary N) is 1. The standard InChI is InChI=1S/C3H4N2.6FH.Ni.Ti/c1-2-5-3-4-1;;;;;;;;/h1-3H,(H,4,5);6*1H;;/q;;;;;;;+2;+4/p-6. The predicted octanol–water partition coefficient (Wildman–Crippen LogP) is 2.93. The van der Waals surface area contributed by atoms with Crippen molar-refractivity contribution in [3.8, 4) is 0 Å². The van der Waals surface area contributed by atoms with Crippen LogP contribution in [0.25, 0.3) is 0 Å². The molecule has 0 spiro atoms. The zero-order valence-corrected chi connectivity index (χ0v) is 8.31. The summed E-state index contributed by atoms with van der Waals surface area (Å²) in [6, 6.07) is 0. The Morgan fingerprint density at radius 1 is 1.00 bits per heavy atom. The van der Waals surface area contributed by atoms with E-state index >= 15 is 0 Å². The molecule has 0 saturated heterocycles. The van der Waals surface area contributed by atoms with Crippen molar-refractivity contribution in [3.63, 3.8) is 0 Å². The van der Waals surface area contributed by atoms with Gasteiger partial charge in [0.1, 0.15) is 0 Å². The molecule has 0 radical (unpaired) electrons. The van der Waals surface area contributed by atoms with Crippen LogP contribution < -0.4 is 0 Å². The summed E-state index contributed by atoms with van der Waals surface area (Å²) in [6.45, 7) is 0. The molecule has 10 heteroatoms. The Hall–Kier alpha value is -0.00221. The van der Waals surface area contributed by atoms with Crippen LogP contribution >= 0.6 is 0 Å². The average Bonchev–Trinajstić information content (AvgIpc) is 2.00. The van der Waals surface area contributed by atoms with Gasteiger partial charge < -0.3 is 4.98 Å². The van der Waals surface area contributed by atoms with E-state index in [0.717, 1.165) is 0 Å². The molecule has 0 aromatic carbocycles. The van der Waals surface area contributed by atoms with E-state index < -0.39 is 17.2 Å². The predicted molar refractivity (Wildman–Crippen MR) is 25.2 cm³/mol. The molecule has 1 rings (SSSR count). The van der Waals surface area contributed by atoms with Crippen molar-refractivity contribution >= 4 is 0 Å². The summed E-state index contributed by atoms with van der Waals surface area (Å²) in [5, 5.41) is 0. The minimum Gasteiger partial charge on any atom is -0.351 e. The normalized spacial score (nSPS) is 15.5. The van der Waals surface area contributed by atoms with Gasteiger partial charge in [-0.25, -0.2) is 4.98 Å². The van der Waals surface area contributed by atoms with E-state index in [1.807, 2.05) is 0 Å². The monoisotopic (exact) mass is 288 g/mol. The first kappa shape index (κ1) is 15.5. The van der Waals surface area contributed by atoms with E-state index in [1.165, 1.54) is 0 Å². The molecular weight excluding hydrogens is 285 g/mol. The van der Waals surface area contributed by atoms with Crippen molar-refractivity contribution < 1.29 is 52.3 Å². The van der Waals surface area contributed by atoms with Crippen molar-refractivity contribution in [2.45, 2.75) is 0 Å². The van der Waals surface area contributed by atoms with Crippen molar-refractivity contribution in [3.05, 3.63) is 18.7 Å². The molecule has 0 aliphatic rings. The van der Waals surface area contributed by atoms with E-state index in [0.29, 0.717) is 0 Å². The Morgan fingerprint density at radius 2 is 1.38 bits per heavy atom. The molecule has 1 heterocycles. The summed E-state index contributed by atoms with van der Waals surface area (Å²) >= 11 is -11.2. The third kappa shape index (κ3) is 48.0. The van der Waals surface area contributed by atoms with Gasteiger partial charge in [-0.15, -0.1) is 0 Å². The van der Waals surface area contributed by atoms with Crippen molar-refractivity contribution in [2.24, 2.45) is 0 Å². The van der Waals surface area contributed by atoms with Gasteiger partial charge in [-0.1, -0.05) is 0 Å². The molecule has 0 bridgehead atoms. The Kier molecular flexibility index (Phi) is 4.32. The number of rotatable bonds is 0. The minimum absolute atomic E-state index is 0. The van der Waals surface area contributed by atoms with Gasteiger partial charge in [-0.05, 0) is 0 Å². The topological polar surface area (TPSA) is 28.7 Å². The molecule has 0 aliphatic carbocycles. The van der Waals surface area contributed by atoms with E-state index in [-0.39, 0.29) is 16.5 Å². The number of aromatic nitrogens is 2. The number of imidazole rings is 1. The summed E-state index contributed by atoms with van der Waals surface area (Å²) in [5.41, 5.74) is 0. The van der Waals surface area contributed by atoms with Gasteiger partial charge in [-0.3, -0.25) is 0 Å². The summed E-state index contributed by atoms with van der Waals surface area (Å²) in [4.78, 5) is 6.42. The van der Waals surface area contributed by atoms with Crippen LogP contribution in [-0.2, 0) is 33.7 Å². The third-order valence-electron chi connectivity index (χ3n) is 0.406. The van der Waals surface area contributed by atoms with E-state index in [4.69, 9.17) is 0 Å². The fraction of sp³-hybridized carbons (Fsp3) is 0. The van der Waals surface area contributed by atoms with Crippen LogP contribution in [0.1, 0.15) is 0 Å². The number of halogens is 6. The van der Waals surface area contributed by atoms with Gasteiger partial charge in [-0.2, -0.15) is 0 Å². The Labute approximate surface area is 81.1 Å². The number of aromatic amines is 1. The quantitative estimate of drug-likeness (QED) is 0.577. The molecule has 1 N–H and O–H groups in total. The molecule has 0 aliphatic heterocycles. The smallest absolute Gasteiger partial charge is 0.351 e. The van der Waals surface area contributed by atoms with Crippen LogP contribution in [0.3, 0.4) is 0 Å². The number of hydrogen-bond acceptors (Lipinski definition) is 1. The molecule has 0 atom stereocenters. The maximum absolute atomic E-state index is 11.2. The third-order valence-corrected chi connectivity index (χ3v) is 0.406. The number of hydrogen-bond donors (Lipinski definition) is 1. The van der Waals surface area contributed by atoms with Gasteiger partial charge in [0.25, 0.3) is 0 Å². The van der Waals surface area contributed by atoms with Gasteiger partial charge >= 0.3 is 52.3 Å². The van der Waals surface area contributed by atoms with E-state index in [2.05, 4.69) is 9.97 Å². The second-order valence-corrected chi connectivity index (χ2v) is 5.18. The molecule has 13 heavy (non-hydrogen) atoms. The Morgan fingerprint density at radius 3 is 1.46 bits per heavy atom. The fourth-order valence-corrected chi connectivity index (χ4v) is 0.215. The first-order chi connectivity index (χ1) is 4.95. The summed E-state index contributed by atoms with van der Waals surface area (Å²) in [6.07, 6.45) is 5.08. The molecule has 1 aromatic heterocycles. The van der Waals surface area contributed by atoms with Gasteiger partial charge in [0.05, 0.1) is 6.33 Å². The molecule has 0 saturated carbocycles. The van der Waals surface area contributed by atoms with Crippen LogP contribution in [0.5, 0.6) is 0 Å². The average molecular weight is 289 g/mol. The SMILES string of the molecule is [F][Ti-2]([F])([F])([F])([F])[F].[Ni+2].c1c[nH]cn1. The zero-order valence-electron chi connectivity index (χ0n) is 5.76. The summed E-state index contributed by atoms with van der Waals surface area (Å²) in [5.74, 6) is 0. The maximum Gasteiger partial charge on any atom is 2.00 e. The molecule has 0 amide bonds. The maximum atomic E-state index is 9.92. The number of nitrogens with zero attached hydrogens (tertiary/aromatic N) is 1. The number of H-pyrrole nitrogens is 1. The summed E-state index contributed by atoms with van der Waals surface area (Å²) < 4.78 is 59.5. The zero-order chi connectivity index (χ0) is 9.94. The molecular formula is C3H4F6N2NiTi. The molecule has 1 aromatic rings. The van der Waals surface area contributed by atoms with E-state index in [9.17, 15) is 18.6 Å². The van der Waals surface area contributed by atoms with Crippen LogP contribution in [0.4, 0.5) is 18.6 Å². The minimum atomic E-state index is -11.2. The van der Waals surface area contributed by atoms with Gasteiger partial charge in [0.2, 0.25) is 0 Å². The van der Waals surface area contributed by atoms with E-state index in [1.54, 1.807) is 18.7 Å². The second kappa shape index (κ2) is 3.63. The molecule has 0 fully saturated rings. The van der Waals surface area contributed by atoms with Gasteiger partial charge in [0, 0.05) is 12.4 Å². The molecule has 2 nitrogen and oxygen atoms in total. The van der Waals surface area contributed by atoms with Crippen molar-refractivity contribution in [1.29, 1.82) is 0 Å². The van der Waals surface area contributed by atoms with Crippen LogP contribution in [0.15, 0.2) is 18.7 Å². The van der Waals surface area contributed by atoms with Gasteiger partial charge in [0.15, 0.2) is 0 Å². The van der Waals surface area contributed by atoms with Crippen LogP contribution in [0.2, 0.25) is 0 Å². The second-order valence-electron chi connectivity index (χ2n) is 1.83. The van der Waals surface area contributed by atoms with Crippen molar-refractivity contribution in [1.82, 2.24) is 9.97 Å². The Balaban J connectivity index is 0. The first-order valence-electron chi connectivity index (χ1n) is 2.56. The van der Waals surface area contributed by atoms with Crippen LogP contribution in [-0.4, -0.2) is 9.97 Å². The molecule has 82 valence electrons. The summed E-state index contributed by atoms with van der Waals surface area (Å²) in [7, 11) is 0. The fourth-order valence-electron chi connectivity index (χ4n) is 0.215. The largest absolute Gasteiger partial charge is 2.00 e. The first-order valence-corrected chi connectivity index (χ1v) is 6.10. The Bertz CT molecular complexity index is 197. The van der Waals surface area contributed by atoms with Crippen molar-refractivity contribution in [2.75, 3.05) is 0 Å². The van der Waals surface area contributed by atoms with Crippen LogP contribution in [0, 0.1) is 0 Å².